The molecule has 0 aromatic carbocycles. The SMILES string of the molecule is C=CCCCOC(=O)[C@@H]1[C@@H]2CCC3(O2)C(C(=O)N(CC=C)CCCC)N([C@H](C)CO)C(=O)[C@H]13. The zero-order chi connectivity index (χ0) is 24.2. The quantitative estimate of drug-likeness (QED) is 0.256. The van der Waals surface area contributed by atoms with Gasteiger partial charge in [-0.3, -0.25) is 14.4 Å². The lowest BCUT2D eigenvalue weighted by Crippen LogP contribution is -2.58. The summed E-state index contributed by atoms with van der Waals surface area (Å²) in [6, 6.07) is -1.45. The topological polar surface area (TPSA) is 96.4 Å². The number of carbonyl (C=O) groups is 3. The van der Waals surface area contributed by atoms with Gasteiger partial charge in [-0.05, 0) is 39.0 Å². The molecule has 33 heavy (non-hydrogen) atoms. The Morgan fingerprint density at radius 1 is 1.36 bits per heavy atom. The van der Waals surface area contributed by atoms with Crippen molar-refractivity contribution in [3.63, 3.8) is 0 Å². The average Bonchev–Trinajstić information content (AvgIpc) is 3.45. The van der Waals surface area contributed by atoms with Crippen molar-refractivity contribution >= 4 is 17.8 Å². The van der Waals surface area contributed by atoms with E-state index < -0.39 is 41.6 Å². The van der Waals surface area contributed by atoms with Crippen LogP contribution in [-0.4, -0.2) is 82.8 Å². The number of allylic oxidation sites excluding steroid dienone is 1. The van der Waals surface area contributed by atoms with Crippen molar-refractivity contribution in [3.8, 4) is 0 Å². The lowest BCUT2D eigenvalue weighted by atomic mass is 9.70. The zero-order valence-electron chi connectivity index (χ0n) is 19.9. The fraction of sp³-hybridized carbons (Fsp3) is 0.720. The Kier molecular flexibility index (Phi) is 8.34. The number of unbranched alkanes of at least 4 members (excludes halogenated alkanes) is 2. The standard InChI is InChI=1S/C25H38N2O6/c1-5-8-10-15-32-24(31)19-18-11-12-25(33-18)20(19)22(29)27(17(4)16-28)21(25)23(30)26(13-7-3)14-9-6-2/h5,7,17-21,28H,1,3,6,8-16H2,2,4H3/t17-,18+,19-,20+,21?,25?/m1/s1. The average molecular weight is 463 g/mol. The van der Waals surface area contributed by atoms with Gasteiger partial charge in [0, 0.05) is 13.1 Å². The lowest BCUT2D eigenvalue weighted by molar-refractivity contribution is -0.156. The number of rotatable bonds is 13. The second-order valence-electron chi connectivity index (χ2n) is 9.36. The Morgan fingerprint density at radius 2 is 2.12 bits per heavy atom. The largest absolute Gasteiger partial charge is 0.465 e. The van der Waals surface area contributed by atoms with E-state index >= 15 is 0 Å². The Balaban J connectivity index is 1.93. The molecule has 8 heteroatoms. The molecule has 3 fully saturated rings. The van der Waals surface area contributed by atoms with E-state index in [2.05, 4.69) is 20.1 Å². The second kappa shape index (κ2) is 10.8. The van der Waals surface area contributed by atoms with Gasteiger partial charge in [-0.2, -0.15) is 0 Å². The summed E-state index contributed by atoms with van der Waals surface area (Å²) in [7, 11) is 0. The number of likely N-dealkylation sites (tertiary alicyclic amines) is 1. The maximum absolute atomic E-state index is 13.9. The molecular weight excluding hydrogens is 424 g/mol. The number of esters is 1. The molecule has 3 heterocycles. The summed E-state index contributed by atoms with van der Waals surface area (Å²) in [6.07, 6.45) is 7.28. The van der Waals surface area contributed by atoms with Crippen molar-refractivity contribution in [2.45, 2.75) is 76.2 Å². The van der Waals surface area contributed by atoms with Gasteiger partial charge in [0.05, 0.1) is 37.2 Å². The molecule has 3 saturated heterocycles. The first-order chi connectivity index (χ1) is 15.9. The van der Waals surface area contributed by atoms with Gasteiger partial charge < -0.3 is 24.4 Å². The predicted octanol–water partition coefficient (Wildman–Crippen LogP) is 2.07. The van der Waals surface area contributed by atoms with Crippen LogP contribution in [-0.2, 0) is 23.9 Å². The van der Waals surface area contributed by atoms with E-state index in [1.807, 2.05) is 0 Å². The summed E-state index contributed by atoms with van der Waals surface area (Å²) >= 11 is 0. The number of fused-ring (bicyclic) bond motifs is 1. The van der Waals surface area contributed by atoms with Crippen LogP contribution in [0.5, 0.6) is 0 Å². The number of amides is 2. The Hall–Kier alpha value is -2.19. The summed E-state index contributed by atoms with van der Waals surface area (Å²) in [5.74, 6) is -2.46. The van der Waals surface area contributed by atoms with Crippen LogP contribution >= 0.6 is 0 Å². The van der Waals surface area contributed by atoms with Crippen molar-refractivity contribution in [1.82, 2.24) is 9.80 Å². The van der Waals surface area contributed by atoms with Gasteiger partial charge in [-0.1, -0.05) is 25.5 Å². The summed E-state index contributed by atoms with van der Waals surface area (Å²) < 4.78 is 11.9. The number of aliphatic hydroxyl groups is 1. The van der Waals surface area contributed by atoms with E-state index in [1.54, 1.807) is 24.0 Å². The van der Waals surface area contributed by atoms with Crippen LogP contribution in [0.2, 0.25) is 0 Å². The van der Waals surface area contributed by atoms with Gasteiger partial charge in [0.1, 0.15) is 11.6 Å². The van der Waals surface area contributed by atoms with E-state index in [0.717, 1.165) is 19.3 Å². The summed E-state index contributed by atoms with van der Waals surface area (Å²) in [4.78, 5) is 43.8. The van der Waals surface area contributed by atoms with Crippen LogP contribution in [0.3, 0.4) is 0 Å². The molecule has 0 saturated carbocycles. The van der Waals surface area contributed by atoms with E-state index in [1.165, 1.54) is 4.90 Å². The Bertz CT molecular complexity index is 770. The number of hydrogen-bond acceptors (Lipinski definition) is 6. The van der Waals surface area contributed by atoms with Gasteiger partial charge in [-0.15, -0.1) is 13.2 Å². The van der Waals surface area contributed by atoms with Crippen molar-refractivity contribution in [3.05, 3.63) is 25.3 Å². The van der Waals surface area contributed by atoms with Crippen LogP contribution in [0.15, 0.2) is 25.3 Å². The first-order valence-corrected chi connectivity index (χ1v) is 12.2. The molecule has 3 rings (SSSR count). The number of nitrogens with zero attached hydrogens (tertiary/aromatic N) is 2. The predicted molar refractivity (Wildman–Crippen MR) is 123 cm³/mol. The zero-order valence-corrected chi connectivity index (χ0v) is 19.9. The van der Waals surface area contributed by atoms with Crippen LogP contribution in [0.1, 0.15) is 52.4 Å². The van der Waals surface area contributed by atoms with Gasteiger partial charge in [0.2, 0.25) is 11.8 Å². The highest BCUT2D eigenvalue weighted by molar-refractivity contribution is 5.98. The maximum Gasteiger partial charge on any atom is 0.312 e. The van der Waals surface area contributed by atoms with Gasteiger partial charge in [0.15, 0.2) is 0 Å². The number of aliphatic hydroxyl groups excluding tert-OH is 1. The third kappa shape index (κ3) is 4.47. The van der Waals surface area contributed by atoms with E-state index in [9.17, 15) is 19.5 Å². The van der Waals surface area contributed by atoms with Crippen LogP contribution in [0.25, 0.3) is 0 Å². The highest BCUT2D eigenvalue weighted by atomic mass is 16.6. The maximum atomic E-state index is 13.9. The third-order valence-corrected chi connectivity index (χ3v) is 7.22. The summed E-state index contributed by atoms with van der Waals surface area (Å²) in [5.41, 5.74) is -1.07. The summed E-state index contributed by atoms with van der Waals surface area (Å²) in [6.45, 7) is 12.1. The van der Waals surface area contributed by atoms with Crippen LogP contribution in [0.4, 0.5) is 0 Å². The molecule has 2 unspecified atom stereocenters. The number of hydrogen-bond donors (Lipinski definition) is 1. The highest BCUT2D eigenvalue weighted by Crippen LogP contribution is 2.59. The molecule has 0 aliphatic carbocycles. The molecule has 1 spiro atoms. The van der Waals surface area contributed by atoms with Gasteiger partial charge in [-0.25, -0.2) is 0 Å². The normalized spacial score (nSPS) is 30.8. The van der Waals surface area contributed by atoms with Crippen molar-refractivity contribution < 1.29 is 29.0 Å². The smallest absolute Gasteiger partial charge is 0.312 e. The highest BCUT2D eigenvalue weighted by Gasteiger charge is 2.75. The van der Waals surface area contributed by atoms with Crippen LogP contribution < -0.4 is 0 Å². The molecular formula is C25H38N2O6. The molecule has 8 nitrogen and oxygen atoms in total. The fourth-order valence-electron chi connectivity index (χ4n) is 5.67. The van der Waals surface area contributed by atoms with E-state index in [0.29, 0.717) is 32.4 Å². The molecule has 184 valence electrons. The molecule has 0 aromatic heterocycles. The van der Waals surface area contributed by atoms with Crippen molar-refractivity contribution in [1.29, 1.82) is 0 Å². The van der Waals surface area contributed by atoms with Crippen LogP contribution in [0, 0.1) is 11.8 Å². The molecule has 1 N–H and O–H groups in total. The summed E-state index contributed by atoms with van der Waals surface area (Å²) in [5, 5.41) is 9.89. The Labute approximate surface area is 196 Å². The van der Waals surface area contributed by atoms with Gasteiger partial charge >= 0.3 is 5.97 Å². The number of carbonyl (C=O) groups excluding carboxylic acids is 3. The Morgan fingerprint density at radius 3 is 2.76 bits per heavy atom. The van der Waals surface area contributed by atoms with E-state index in [4.69, 9.17) is 9.47 Å². The second-order valence-corrected chi connectivity index (χ2v) is 9.36. The minimum atomic E-state index is -1.07. The first kappa shape index (κ1) is 25.4. The third-order valence-electron chi connectivity index (χ3n) is 7.22. The minimum absolute atomic E-state index is 0.208. The minimum Gasteiger partial charge on any atom is -0.465 e. The molecule has 2 amide bonds. The molecule has 0 aromatic rings. The monoisotopic (exact) mass is 462 g/mol. The molecule has 6 atom stereocenters. The molecule has 0 radical (unpaired) electrons. The molecule has 2 bridgehead atoms. The van der Waals surface area contributed by atoms with E-state index in [-0.39, 0.29) is 25.0 Å². The van der Waals surface area contributed by atoms with Crippen molar-refractivity contribution in [2.75, 3.05) is 26.3 Å². The number of ether oxygens (including phenoxy) is 2. The van der Waals surface area contributed by atoms with Gasteiger partial charge in [0.25, 0.3) is 0 Å². The van der Waals surface area contributed by atoms with Crippen molar-refractivity contribution in [2.24, 2.45) is 11.8 Å². The lowest BCUT2D eigenvalue weighted by Gasteiger charge is -2.38. The first-order valence-electron chi connectivity index (χ1n) is 12.2. The fourth-order valence-corrected chi connectivity index (χ4v) is 5.67. The molecule has 3 aliphatic rings. The molecule has 3 aliphatic heterocycles.